The molecule has 0 aromatic rings. The van der Waals surface area contributed by atoms with Gasteiger partial charge in [0.2, 0.25) is 0 Å². The lowest BCUT2D eigenvalue weighted by Crippen LogP contribution is -2.39. The Morgan fingerprint density at radius 1 is 1.35 bits per heavy atom. The lowest BCUT2D eigenvalue weighted by molar-refractivity contribution is 0.0528. The van der Waals surface area contributed by atoms with Gasteiger partial charge in [-0.25, -0.2) is 4.79 Å². The zero-order valence-corrected chi connectivity index (χ0v) is 12.1. The predicted octanol–water partition coefficient (Wildman–Crippen LogP) is 0.868. The van der Waals surface area contributed by atoms with Crippen molar-refractivity contribution in [2.75, 3.05) is 25.1 Å². The molecule has 0 rings (SSSR count). The first-order valence-corrected chi connectivity index (χ1v) is 7.43. The molecule has 0 bridgehead atoms. The van der Waals surface area contributed by atoms with Gasteiger partial charge in [0.1, 0.15) is 5.60 Å². The number of alkyl carbamates (subject to hydrolysis) is 1. The van der Waals surface area contributed by atoms with E-state index in [1.165, 1.54) is 0 Å². The Morgan fingerprint density at radius 3 is 2.41 bits per heavy atom. The lowest BCUT2D eigenvalue weighted by Gasteiger charge is -2.20. The number of carbonyl (C=O) groups is 1. The van der Waals surface area contributed by atoms with Crippen molar-refractivity contribution in [2.45, 2.75) is 39.3 Å². The molecule has 0 aromatic heterocycles. The minimum Gasteiger partial charge on any atom is -0.444 e. The topological polar surface area (TPSA) is 67.4 Å². The molecule has 2 unspecified atom stereocenters. The first-order chi connectivity index (χ1) is 7.70. The van der Waals surface area contributed by atoms with Crippen LogP contribution in [0.3, 0.4) is 0 Å². The van der Waals surface area contributed by atoms with E-state index in [2.05, 4.69) is 10.6 Å². The SMILES string of the molecule is CC(CS(C)=O)NCCNC(=O)OC(C)(C)C. The van der Waals surface area contributed by atoms with Gasteiger partial charge in [-0.15, -0.1) is 0 Å². The third-order valence-electron chi connectivity index (χ3n) is 1.77. The van der Waals surface area contributed by atoms with Gasteiger partial charge >= 0.3 is 6.09 Å². The Morgan fingerprint density at radius 2 is 1.94 bits per heavy atom. The number of amides is 1. The van der Waals surface area contributed by atoms with E-state index in [4.69, 9.17) is 4.74 Å². The van der Waals surface area contributed by atoms with Crippen LogP contribution in [0.15, 0.2) is 0 Å². The summed E-state index contributed by atoms with van der Waals surface area (Å²) in [5.41, 5.74) is -0.468. The van der Waals surface area contributed by atoms with E-state index >= 15 is 0 Å². The number of hydrogen-bond acceptors (Lipinski definition) is 4. The molecule has 0 saturated heterocycles. The summed E-state index contributed by atoms with van der Waals surface area (Å²) in [6.45, 7) is 8.57. The van der Waals surface area contributed by atoms with Crippen molar-refractivity contribution < 1.29 is 13.7 Å². The minimum absolute atomic E-state index is 0.182. The summed E-state index contributed by atoms with van der Waals surface area (Å²) in [4.78, 5) is 11.3. The maximum Gasteiger partial charge on any atom is 0.407 e. The van der Waals surface area contributed by atoms with Gasteiger partial charge in [-0.05, 0) is 27.7 Å². The normalized spacial score (nSPS) is 15.1. The van der Waals surface area contributed by atoms with Gasteiger partial charge < -0.3 is 15.4 Å². The van der Waals surface area contributed by atoms with Crippen LogP contribution in [0.1, 0.15) is 27.7 Å². The average molecular weight is 264 g/mol. The van der Waals surface area contributed by atoms with Crippen LogP contribution in [-0.2, 0) is 15.5 Å². The highest BCUT2D eigenvalue weighted by Gasteiger charge is 2.15. The Labute approximate surface area is 106 Å². The van der Waals surface area contributed by atoms with Crippen molar-refractivity contribution in [3.05, 3.63) is 0 Å². The maximum absolute atomic E-state index is 11.3. The molecule has 0 spiro atoms. The average Bonchev–Trinajstić information content (AvgIpc) is 2.08. The quantitative estimate of drug-likeness (QED) is 0.699. The van der Waals surface area contributed by atoms with Crippen molar-refractivity contribution in [2.24, 2.45) is 0 Å². The van der Waals surface area contributed by atoms with Crippen molar-refractivity contribution in [1.82, 2.24) is 10.6 Å². The largest absolute Gasteiger partial charge is 0.444 e. The van der Waals surface area contributed by atoms with E-state index < -0.39 is 22.5 Å². The van der Waals surface area contributed by atoms with Gasteiger partial charge in [0.15, 0.2) is 0 Å². The molecule has 0 aliphatic heterocycles. The van der Waals surface area contributed by atoms with Crippen molar-refractivity contribution >= 4 is 16.9 Å². The molecule has 0 heterocycles. The predicted molar refractivity (Wildman–Crippen MR) is 70.6 cm³/mol. The van der Waals surface area contributed by atoms with Crippen molar-refractivity contribution in [3.8, 4) is 0 Å². The summed E-state index contributed by atoms with van der Waals surface area (Å²) in [5.74, 6) is 0.617. The van der Waals surface area contributed by atoms with Gasteiger partial charge in [0.25, 0.3) is 0 Å². The van der Waals surface area contributed by atoms with Crippen LogP contribution in [0, 0.1) is 0 Å². The third-order valence-corrected chi connectivity index (χ3v) is 2.74. The van der Waals surface area contributed by atoms with Gasteiger partial charge in [0.05, 0.1) is 0 Å². The second-order valence-electron chi connectivity index (χ2n) is 5.02. The number of ether oxygens (including phenoxy) is 1. The Kier molecular flexibility index (Phi) is 7.38. The van der Waals surface area contributed by atoms with E-state index in [9.17, 15) is 9.00 Å². The third kappa shape index (κ3) is 11.6. The molecule has 0 saturated carbocycles. The van der Waals surface area contributed by atoms with Crippen LogP contribution in [0.5, 0.6) is 0 Å². The molecular weight excluding hydrogens is 240 g/mol. The molecule has 2 N–H and O–H groups in total. The Balaban J connectivity index is 3.58. The number of carbonyl (C=O) groups excluding carboxylic acids is 1. The second-order valence-corrected chi connectivity index (χ2v) is 6.50. The molecule has 0 fully saturated rings. The molecule has 102 valence electrons. The van der Waals surface area contributed by atoms with Crippen LogP contribution in [0.25, 0.3) is 0 Å². The zero-order chi connectivity index (χ0) is 13.5. The van der Waals surface area contributed by atoms with Crippen molar-refractivity contribution in [1.29, 1.82) is 0 Å². The fourth-order valence-corrected chi connectivity index (χ4v) is 2.03. The first-order valence-electron chi connectivity index (χ1n) is 5.71. The standard InChI is InChI=1S/C11H24N2O3S/c1-9(8-17(5)15)12-6-7-13-10(14)16-11(2,3)4/h9,12H,6-8H2,1-5H3,(H,13,14). The van der Waals surface area contributed by atoms with E-state index in [-0.39, 0.29) is 6.04 Å². The van der Waals surface area contributed by atoms with Crippen LogP contribution in [-0.4, -0.2) is 47.0 Å². The summed E-state index contributed by atoms with van der Waals surface area (Å²) in [7, 11) is -0.798. The van der Waals surface area contributed by atoms with Gasteiger partial charge in [-0.2, -0.15) is 0 Å². The molecule has 0 radical (unpaired) electrons. The highest BCUT2D eigenvalue weighted by Crippen LogP contribution is 2.05. The van der Waals surface area contributed by atoms with Gasteiger partial charge in [-0.3, -0.25) is 4.21 Å². The van der Waals surface area contributed by atoms with Crippen LogP contribution < -0.4 is 10.6 Å². The minimum atomic E-state index is -0.798. The van der Waals surface area contributed by atoms with Gasteiger partial charge in [-0.1, -0.05) is 0 Å². The first kappa shape index (κ1) is 16.4. The fourth-order valence-electron chi connectivity index (χ4n) is 1.21. The second kappa shape index (κ2) is 7.66. The smallest absolute Gasteiger partial charge is 0.407 e. The molecule has 2 atom stereocenters. The zero-order valence-electron chi connectivity index (χ0n) is 11.3. The molecule has 17 heavy (non-hydrogen) atoms. The summed E-state index contributed by atoms with van der Waals surface area (Å²) in [5, 5.41) is 5.82. The maximum atomic E-state index is 11.3. The molecule has 6 heteroatoms. The van der Waals surface area contributed by atoms with E-state index in [0.717, 1.165) is 0 Å². The van der Waals surface area contributed by atoms with E-state index in [1.54, 1.807) is 6.26 Å². The monoisotopic (exact) mass is 264 g/mol. The summed E-state index contributed by atoms with van der Waals surface area (Å²) >= 11 is 0. The highest BCUT2D eigenvalue weighted by molar-refractivity contribution is 7.84. The fraction of sp³-hybridized carbons (Fsp3) is 0.909. The molecule has 5 nitrogen and oxygen atoms in total. The summed E-state index contributed by atoms with van der Waals surface area (Å²) in [6.07, 6.45) is 1.27. The van der Waals surface area contributed by atoms with Crippen molar-refractivity contribution in [3.63, 3.8) is 0 Å². The number of rotatable bonds is 6. The molecule has 0 aliphatic carbocycles. The van der Waals surface area contributed by atoms with Crippen LogP contribution in [0.4, 0.5) is 4.79 Å². The lowest BCUT2D eigenvalue weighted by atomic mass is 10.2. The van der Waals surface area contributed by atoms with Crippen LogP contribution in [0.2, 0.25) is 0 Å². The molecule has 0 aromatic carbocycles. The molecule has 0 aliphatic rings. The Hall–Kier alpha value is -0.620. The summed E-state index contributed by atoms with van der Waals surface area (Å²) in [6, 6.07) is 0.182. The highest BCUT2D eigenvalue weighted by atomic mass is 32.2. The van der Waals surface area contributed by atoms with Gasteiger partial charge in [0, 0.05) is 41.9 Å². The Bertz CT molecular complexity index is 264. The summed E-state index contributed by atoms with van der Waals surface area (Å²) < 4.78 is 16.0. The van der Waals surface area contributed by atoms with E-state index in [0.29, 0.717) is 18.8 Å². The number of hydrogen-bond donors (Lipinski definition) is 2. The molecular formula is C11H24N2O3S. The number of nitrogens with one attached hydrogen (secondary N) is 2. The van der Waals surface area contributed by atoms with E-state index in [1.807, 2.05) is 27.7 Å². The van der Waals surface area contributed by atoms with Crippen LogP contribution >= 0.6 is 0 Å². The molecule has 1 amide bonds.